The Kier molecular flexibility index (Phi) is 6.09. The van der Waals surface area contributed by atoms with Crippen molar-refractivity contribution in [2.24, 2.45) is 5.92 Å². The first-order chi connectivity index (χ1) is 14.6. The van der Waals surface area contributed by atoms with E-state index in [1.807, 2.05) is 17.0 Å². The molecule has 2 aromatic carbocycles. The van der Waals surface area contributed by atoms with Crippen molar-refractivity contribution in [1.29, 1.82) is 0 Å². The Balaban J connectivity index is 1.29. The van der Waals surface area contributed by atoms with Crippen LogP contribution in [0, 0.1) is 5.92 Å². The molecule has 7 heteroatoms. The van der Waals surface area contributed by atoms with Crippen LogP contribution in [0.1, 0.15) is 28.8 Å². The highest BCUT2D eigenvalue weighted by Crippen LogP contribution is 2.30. The number of hydrogen-bond donors (Lipinski definition) is 2. The Morgan fingerprint density at radius 2 is 1.47 bits per heavy atom. The Labute approximate surface area is 175 Å². The Morgan fingerprint density at radius 3 is 2.10 bits per heavy atom. The molecule has 3 amide bonds. The molecule has 30 heavy (non-hydrogen) atoms. The summed E-state index contributed by atoms with van der Waals surface area (Å²) in [5, 5.41) is 5.71. The monoisotopic (exact) mass is 407 g/mol. The maximum absolute atomic E-state index is 12.5. The molecule has 7 nitrogen and oxygen atoms in total. The van der Waals surface area contributed by atoms with Crippen LogP contribution in [-0.2, 0) is 20.7 Å². The smallest absolute Gasteiger partial charge is 0.255 e. The van der Waals surface area contributed by atoms with Crippen LogP contribution in [0.2, 0.25) is 0 Å². The van der Waals surface area contributed by atoms with E-state index in [0.717, 1.165) is 18.4 Å². The highest BCUT2D eigenvalue weighted by Gasteiger charge is 2.29. The Morgan fingerprint density at radius 1 is 0.867 bits per heavy atom. The van der Waals surface area contributed by atoms with Crippen LogP contribution >= 0.6 is 0 Å². The first-order valence-corrected chi connectivity index (χ1v) is 10.3. The van der Waals surface area contributed by atoms with Gasteiger partial charge in [0, 0.05) is 35.9 Å². The van der Waals surface area contributed by atoms with E-state index < -0.39 is 0 Å². The van der Waals surface area contributed by atoms with Gasteiger partial charge in [-0.2, -0.15) is 0 Å². The number of amides is 3. The van der Waals surface area contributed by atoms with E-state index in [-0.39, 0.29) is 23.6 Å². The van der Waals surface area contributed by atoms with Crippen molar-refractivity contribution < 1.29 is 19.1 Å². The molecule has 1 aliphatic carbocycles. The minimum absolute atomic E-state index is 0.0411. The topological polar surface area (TPSA) is 87.7 Å². The average Bonchev–Trinajstić information content (AvgIpc) is 3.62. The van der Waals surface area contributed by atoms with Crippen molar-refractivity contribution in [1.82, 2.24) is 4.90 Å². The predicted molar refractivity (Wildman–Crippen MR) is 113 cm³/mol. The molecule has 2 N–H and O–H groups in total. The van der Waals surface area contributed by atoms with Crippen LogP contribution in [0.15, 0.2) is 48.5 Å². The quantitative estimate of drug-likeness (QED) is 0.771. The van der Waals surface area contributed by atoms with Crippen LogP contribution in [0.25, 0.3) is 0 Å². The zero-order valence-corrected chi connectivity index (χ0v) is 16.7. The van der Waals surface area contributed by atoms with E-state index >= 15 is 0 Å². The number of anilines is 2. The summed E-state index contributed by atoms with van der Waals surface area (Å²) in [6.45, 7) is 2.45. The summed E-state index contributed by atoms with van der Waals surface area (Å²) in [5.41, 5.74) is 2.76. The molecule has 1 aliphatic heterocycles. The van der Waals surface area contributed by atoms with Crippen LogP contribution in [0.4, 0.5) is 11.4 Å². The van der Waals surface area contributed by atoms with E-state index in [9.17, 15) is 14.4 Å². The van der Waals surface area contributed by atoms with Gasteiger partial charge in [0.1, 0.15) is 0 Å². The second kappa shape index (κ2) is 9.09. The van der Waals surface area contributed by atoms with Crippen molar-refractivity contribution in [3.05, 3.63) is 59.7 Å². The molecule has 0 radical (unpaired) electrons. The van der Waals surface area contributed by atoms with Crippen molar-refractivity contribution >= 4 is 29.1 Å². The summed E-state index contributed by atoms with van der Waals surface area (Å²) >= 11 is 0. The highest BCUT2D eigenvalue weighted by molar-refractivity contribution is 6.04. The van der Waals surface area contributed by atoms with Gasteiger partial charge in [-0.25, -0.2) is 0 Å². The second-order valence-electron chi connectivity index (χ2n) is 7.66. The molecule has 1 saturated heterocycles. The van der Waals surface area contributed by atoms with Crippen molar-refractivity contribution in [2.75, 3.05) is 36.9 Å². The lowest BCUT2D eigenvalue weighted by Crippen LogP contribution is -2.41. The van der Waals surface area contributed by atoms with Gasteiger partial charge in [-0.3, -0.25) is 14.4 Å². The number of nitrogens with one attached hydrogen (secondary N) is 2. The lowest BCUT2D eigenvalue weighted by atomic mass is 10.1. The van der Waals surface area contributed by atoms with Crippen molar-refractivity contribution in [3.63, 3.8) is 0 Å². The number of hydrogen-bond acceptors (Lipinski definition) is 4. The summed E-state index contributed by atoms with van der Waals surface area (Å²) in [6, 6.07) is 14.1. The van der Waals surface area contributed by atoms with Gasteiger partial charge in [0.2, 0.25) is 11.8 Å². The molecule has 2 aliphatic rings. The molecule has 2 aromatic rings. The van der Waals surface area contributed by atoms with E-state index in [1.54, 1.807) is 36.4 Å². The predicted octanol–water partition coefficient (Wildman–Crippen LogP) is 2.69. The van der Waals surface area contributed by atoms with Crippen LogP contribution in [0.3, 0.4) is 0 Å². The number of rotatable bonds is 6. The lowest BCUT2D eigenvalue weighted by Gasteiger charge is -2.26. The third-order valence-corrected chi connectivity index (χ3v) is 5.29. The third-order valence-electron chi connectivity index (χ3n) is 5.29. The van der Waals surface area contributed by atoms with Crippen molar-refractivity contribution in [3.8, 4) is 0 Å². The Bertz CT molecular complexity index is 914. The molecule has 0 spiro atoms. The molecular formula is C23H25N3O4. The number of morpholine rings is 1. The standard InChI is InChI=1S/C23H25N3O4/c27-21(26-11-13-30-14-12-26)15-16-1-7-19(8-2-16)24-23(29)18-5-9-20(10-6-18)25-22(28)17-3-4-17/h1-2,5-10,17H,3-4,11-15H2,(H,24,29)(H,25,28). The highest BCUT2D eigenvalue weighted by atomic mass is 16.5. The number of carbonyl (C=O) groups is 3. The summed E-state index contributed by atoms with van der Waals surface area (Å²) in [6.07, 6.45) is 2.24. The molecule has 156 valence electrons. The maximum Gasteiger partial charge on any atom is 0.255 e. The fourth-order valence-corrected chi connectivity index (χ4v) is 3.30. The van der Waals surface area contributed by atoms with Gasteiger partial charge in [-0.1, -0.05) is 12.1 Å². The molecule has 4 rings (SSSR count). The fourth-order valence-electron chi connectivity index (χ4n) is 3.30. The van der Waals surface area contributed by atoms with Gasteiger partial charge >= 0.3 is 0 Å². The second-order valence-corrected chi connectivity index (χ2v) is 7.66. The fraction of sp³-hybridized carbons (Fsp3) is 0.348. The summed E-state index contributed by atoms with van der Waals surface area (Å²) in [5.74, 6) is 0.0377. The largest absolute Gasteiger partial charge is 0.378 e. The molecule has 0 atom stereocenters. The number of nitrogens with zero attached hydrogens (tertiary/aromatic N) is 1. The van der Waals surface area contributed by atoms with Crippen LogP contribution < -0.4 is 10.6 Å². The summed E-state index contributed by atoms with van der Waals surface area (Å²) in [4.78, 5) is 38.4. The zero-order valence-electron chi connectivity index (χ0n) is 16.7. The molecule has 0 aromatic heterocycles. The van der Waals surface area contributed by atoms with Crippen LogP contribution in [-0.4, -0.2) is 48.9 Å². The van der Waals surface area contributed by atoms with Gasteiger partial charge in [-0.15, -0.1) is 0 Å². The summed E-state index contributed by atoms with van der Waals surface area (Å²) in [7, 11) is 0. The molecule has 0 bridgehead atoms. The number of benzene rings is 2. The SMILES string of the molecule is O=C(Nc1ccc(CC(=O)N2CCOCC2)cc1)c1ccc(NC(=O)C2CC2)cc1. The van der Waals surface area contributed by atoms with Gasteiger partial charge in [0.05, 0.1) is 19.6 Å². The van der Waals surface area contributed by atoms with E-state index in [4.69, 9.17) is 4.74 Å². The maximum atomic E-state index is 12.5. The minimum atomic E-state index is -0.229. The van der Waals surface area contributed by atoms with Gasteiger partial charge in [0.25, 0.3) is 5.91 Å². The molecule has 1 heterocycles. The molecule has 1 saturated carbocycles. The van der Waals surface area contributed by atoms with E-state index in [2.05, 4.69) is 10.6 Å². The van der Waals surface area contributed by atoms with Crippen LogP contribution in [0.5, 0.6) is 0 Å². The first kappa shape index (κ1) is 20.1. The zero-order chi connectivity index (χ0) is 20.9. The Hall–Kier alpha value is -3.19. The average molecular weight is 407 g/mol. The first-order valence-electron chi connectivity index (χ1n) is 10.3. The van der Waals surface area contributed by atoms with E-state index in [1.165, 1.54) is 0 Å². The third kappa shape index (κ3) is 5.24. The normalized spacial score (nSPS) is 16.1. The molecule has 0 unspecified atom stereocenters. The van der Waals surface area contributed by atoms with E-state index in [0.29, 0.717) is 49.7 Å². The molecule has 2 fully saturated rings. The van der Waals surface area contributed by atoms with Crippen molar-refractivity contribution in [2.45, 2.75) is 19.3 Å². The summed E-state index contributed by atoms with van der Waals surface area (Å²) < 4.78 is 5.27. The van der Waals surface area contributed by atoms with Gasteiger partial charge < -0.3 is 20.3 Å². The van der Waals surface area contributed by atoms with Gasteiger partial charge in [-0.05, 0) is 54.8 Å². The van der Waals surface area contributed by atoms with Gasteiger partial charge in [0.15, 0.2) is 0 Å². The number of carbonyl (C=O) groups excluding carboxylic acids is 3. The minimum Gasteiger partial charge on any atom is -0.378 e. The lowest BCUT2D eigenvalue weighted by molar-refractivity contribution is -0.134. The molecular weight excluding hydrogens is 382 g/mol. The number of ether oxygens (including phenoxy) is 1.